The number of rotatable bonds is 15. The van der Waals surface area contributed by atoms with Crippen molar-refractivity contribution in [2.24, 2.45) is 0 Å². The Labute approximate surface area is 158 Å². The third kappa shape index (κ3) is 15.5. The maximum absolute atomic E-state index is 11.7. The Hall–Kier alpha value is -0.500. The van der Waals surface area contributed by atoms with E-state index in [2.05, 4.69) is 50.2 Å². The number of carbonyl (C=O) groups is 1. The van der Waals surface area contributed by atoms with Crippen molar-refractivity contribution in [1.82, 2.24) is 15.5 Å². The normalized spacial score (nSPS) is 12.8. The molecule has 1 amide bonds. The minimum absolute atomic E-state index is 0.0602. The van der Waals surface area contributed by atoms with E-state index in [1.807, 2.05) is 11.8 Å². The molecule has 0 saturated heterocycles. The highest BCUT2D eigenvalue weighted by atomic mass is 32.2. The van der Waals surface area contributed by atoms with Crippen molar-refractivity contribution in [3.63, 3.8) is 0 Å². The van der Waals surface area contributed by atoms with Gasteiger partial charge in [0, 0.05) is 38.3 Å². The van der Waals surface area contributed by atoms with Gasteiger partial charge < -0.3 is 20.5 Å². The molecule has 1 atom stereocenters. The van der Waals surface area contributed by atoms with Gasteiger partial charge >= 0.3 is 6.09 Å². The van der Waals surface area contributed by atoms with Gasteiger partial charge in [0.05, 0.1) is 6.10 Å². The number of alkyl carbamates (subject to hydrolysis) is 1. The summed E-state index contributed by atoms with van der Waals surface area (Å²) < 4.78 is 5.08. The molecule has 150 valence electrons. The third-order valence-electron chi connectivity index (χ3n) is 3.70. The molecular formula is C18H39N3O3S. The zero-order valence-electron chi connectivity index (χ0n) is 16.7. The minimum Gasteiger partial charge on any atom is -0.447 e. The van der Waals surface area contributed by atoms with Gasteiger partial charge in [0.25, 0.3) is 0 Å². The number of nitrogens with one attached hydrogen (secondary N) is 2. The molecule has 0 rings (SSSR count). The van der Waals surface area contributed by atoms with Crippen molar-refractivity contribution in [1.29, 1.82) is 0 Å². The summed E-state index contributed by atoms with van der Waals surface area (Å²) in [5.74, 6) is 2.00. The van der Waals surface area contributed by atoms with Crippen LogP contribution in [-0.2, 0) is 4.74 Å². The summed E-state index contributed by atoms with van der Waals surface area (Å²) in [5.41, 5.74) is 0. The van der Waals surface area contributed by atoms with Crippen LogP contribution in [0.15, 0.2) is 0 Å². The van der Waals surface area contributed by atoms with E-state index >= 15 is 0 Å². The van der Waals surface area contributed by atoms with Crippen LogP contribution in [0.25, 0.3) is 0 Å². The van der Waals surface area contributed by atoms with Crippen LogP contribution in [0.5, 0.6) is 0 Å². The SMILES string of the molecule is CCCSCCC(O)COC(=O)NCCN(CCNC(C)C)C(C)C. The van der Waals surface area contributed by atoms with E-state index in [-0.39, 0.29) is 6.61 Å². The monoisotopic (exact) mass is 377 g/mol. The minimum atomic E-state index is -0.579. The summed E-state index contributed by atoms with van der Waals surface area (Å²) in [4.78, 5) is 14.0. The van der Waals surface area contributed by atoms with Crippen molar-refractivity contribution in [3.8, 4) is 0 Å². The van der Waals surface area contributed by atoms with E-state index < -0.39 is 12.2 Å². The molecule has 7 heteroatoms. The molecule has 3 N–H and O–H groups in total. The van der Waals surface area contributed by atoms with Gasteiger partial charge in [-0.05, 0) is 38.2 Å². The van der Waals surface area contributed by atoms with Crippen LogP contribution in [-0.4, -0.2) is 78.6 Å². The van der Waals surface area contributed by atoms with Gasteiger partial charge in [-0.15, -0.1) is 0 Å². The molecule has 0 fully saturated rings. The first-order chi connectivity index (χ1) is 11.9. The molecule has 0 aliphatic rings. The zero-order valence-corrected chi connectivity index (χ0v) is 17.5. The lowest BCUT2D eigenvalue weighted by atomic mass is 10.3. The Bertz CT molecular complexity index is 331. The molecule has 0 radical (unpaired) electrons. The van der Waals surface area contributed by atoms with Gasteiger partial charge in [-0.1, -0.05) is 20.8 Å². The van der Waals surface area contributed by atoms with Crippen LogP contribution >= 0.6 is 11.8 Å². The average Bonchev–Trinajstić information content (AvgIpc) is 2.55. The number of hydrogen-bond acceptors (Lipinski definition) is 6. The topological polar surface area (TPSA) is 73.8 Å². The maximum atomic E-state index is 11.7. The fourth-order valence-corrected chi connectivity index (χ4v) is 3.13. The molecule has 1 unspecified atom stereocenters. The first-order valence-corrected chi connectivity index (χ1v) is 10.7. The molecule has 0 heterocycles. The van der Waals surface area contributed by atoms with E-state index in [0.29, 0.717) is 25.0 Å². The highest BCUT2D eigenvalue weighted by Gasteiger charge is 2.11. The number of nitrogens with zero attached hydrogens (tertiary/aromatic N) is 1. The van der Waals surface area contributed by atoms with E-state index in [4.69, 9.17) is 4.74 Å². The van der Waals surface area contributed by atoms with Crippen LogP contribution in [0.2, 0.25) is 0 Å². The largest absolute Gasteiger partial charge is 0.447 e. The molecule has 0 spiro atoms. The molecule has 25 heavy (non-hydrogen) atoms. The summed E-state index contributed by atoms with van der Waals surface area (Å²) in [7, 11) is 0. The Morgan fingerprint density at radius 3 is 2.44 bits per heavy atom. The van der Waals surface area contributed by atoms with Gasteiger partial charge in [-0.2, -0.15) is 11.8 Å². The van der Waals surface area contributed by atoms with E-state index in [1.54, 1.807) is 0 Å². The molecule has 6 nitrogen and oxygen atoms in total. The van der Waals surface area contributed by atoms with Gasteiger partial charge in [0.15, 0.2) is 0 Å². The molecule has 0 aliphatic heterocycles. The van der Waals surface area contributed by atoms with Crippen LogP contribution in [0.3, 0.4) is 0 Å². The molecule has 0 aromatic heterocycles. The van der Waals surface area contributed by atoms with E-state index in [1.165, 1.54) is 0 Å². The fraction of sp³-hybridized carbons (Fsp3) is 0.944. The summed E-state index contributed by atoms with van der Waals surface area (Å²) >= 11 is 1.82. The number of thioether (sulfide) groups is 1. The van der Waals surface area contributed by atoms with Crippen LogP contribution in [0.1, 0.15) is 47.5 Å². The van der Waals surface area contributed by atoms with Crippen molar-refractivity contribution >= 4 is 17.9 Å². The van der Waals surface area contributed by atoms with Crippen molar-refractivity contribution < 1.29 is 14.6 Å². The van der Waals surface area contributed by atoms with Crippen molar-refractivity contribution in [3.05, 3.63) is 0 Å². The van der Waals surface area contributed by atoms with Gasteiger partial charge in [-0.25, -0.2) is 4.79 Å². The quantitative estimate of drug-likeness (QED) is 0.380. The number of hydrogen-bond donors (Lipinski definition) is 3. The van der Waals surface area contributed by atoms with Crippen LogP contribution in [0, 0.1) is 0 Å². The summed E-state index contributed by atoms with van der Waals surface area (Å²) in [6.07, 6.45) is 0.761. The smallest absolute Gasteiger partial charge is 0.407 e. The average molecular weight is 378 g/mol. The Morgan fingerprint density at radius 2 is 1.84 bits per heavy atom. The Balaban J connectivity index is 3.80. The lowest BCUT2D eigenvalue weighted by Gasteiger charge is -2.27. The number of aliphatic hydroxyl groups is 1. The highest BCUT2D eigenvalue weighted by Crippen LogP contribution is 2.06. The Morgan fingerprint density at radius 1 is 1.16 bits per heavy atom. The fourth-order valence-electron chi connectivity index (χ4n) is 2.20. The number of ether oxygens (including phenoxy) is 1. The molecule has 0 bridgehead atoms. The summed E-state index contributed by atoms with van der Waals surface area (Å²) in [5, 5.41) is 16.0. The standard InChI is InChI=1S/C18H39N3O3S/c1-6-12-25-13-7-17(22)14-24-18(23)20-9-11-21(16(4)5)10-8-19-15(2)3/h15-17,19,22H,6-14H2,1-5H3,(H,20,23). The lowest BCUT2D eigenvalue weighted by Crippen LogP contribution is -2.43. The van der Waals surface area contributed by atoms with Gasteiger partial charge in [0.2, 0.25) is 0 Å². The Kier molecular flexibility index (Phi) is 15.4. The van der Waals surface area contributed by atoms with Crippen LogP contribution in [0.4, 0.5) is 4.79 Å². The van der Waals surface area contributed by atoms with Gasteiger partial charge in [0.1, 0.15) is 6.61 Å². The number of carbonyl (C=O) groups excluding carboxylic acids is 1. The number of amides is 1. The number of aliphatic hydroxyl groups excluding tert-OH is 1. The van der Waals surface area contributed by atoms with E-state index in [9.17, 15) is 9.90 Å². The lowest BCUT2D eigenvalue weighted by molar-refractivity contribution is 0.0664. The molecule has 0 aromatic rings. The zero-order chi connectivity index (χ0) is 19.1. The second-order valence-corrected chi connectivity index (χ2v) is 8.04. The maximum Gasteiger partial charge on any atom is 0.407 e. The van der Waals surface area contributed by atoms with Gasteiger partial charge in [-0.3, -0.25) is 4.90 Å². The second-order valence-electron chi connectivity index (χ2n) is 6.82. The molecule has 0 aromatic carbocycles. The molecular weight excluding hydrogens is 338 g/mol. The predicted molar refractivity (Wildman–Crippen MR) is 107 cm³/mol. The van der Waals surface area contributed by atoms with Crippen molar-refractivity contribution in [2.75, 3.05) is 44.3 Å². The summed E-state index contributed by atoms with van der Waals surface area (Å²) in [6.45, 7) is 14.0. The molecule has 0 saturated carbocycles. The van der Waals surface area contributed by atoms with Crippen molar-refractivity contribution in [2.45, 2.75) is 65.6 Å². The first-order valence-electron chi connectivity index (χ1n) is 9.50. The van der Waals surface area contributed by atoms with E-state index in [0.717, 1.165) is 37.6 Å². The third-order valence-corrected chi connectivity index (χ3v) is 4.92. The second kappa shape index (κ2) is 15.7. The predicted octanol–water partition coefficient (Wildman–Crippen LogP) is 2.32. The summed E-state index contributed by atoms with van der Waals surface area (Å²) in [6, 6.07) is 0.906. The molecule has 0 aliphatic carbocycles. The highest BCUT2D eigenvalue weighted by molar-refractivity contribution is 7.99. The van der Waals surface area contributed by atoms with Crippen LogP contribution < -0.4 is 10.6 Å². The first kappa shape index (κ1) is 24.5.